The molecule has 0 aromatic heterocycles. The minimum absolute atomic E-state index is 0.0304. The Labute approximate surface area is 141 Å². The van der Waals surface area contributed by atoms with Crippen molar-refractivity contribution < 1.29 is 9.59 Å². The summed E-state index contributed by atoms with van der Waals surface area (Å²) in [5.74, 6) is 1.94. The van der Waals surface area contributed by atoms with E-state index in [0.717, 1.165) is 43.9 Å². The number of carbonyl (C=O) groups excluding carboxylic acids is 2. The van der Waals surface area contributed by atoms with Gasteiger partial charge in [0.1, 0.15) is 0 Å². The van der Waals surface area contributed by atoms with Gasteiger partial charge < -0.3 is 4.90 Å². The van der Waals surface area contributed by atoms with Crippen LogP contribution in [0.25, 0.3) is 0 Å². The minimum atomic E-state index is -0.373. The fourth-order valence-electron chi connectivity index (χ4n) is 4.07. The molecule has 3 aliphatic heterocycles. The number of nitrogens with zero attached hydrogens (tertiary/aromatic N) is 2. The van der Waals surface area contributed by atoms with Crippen LogP contribution < -0.4 is 4.90 Å². The zero-order valence-electron chi connectivity index (χ0n) is 13.3. The molecule has 1 spiro atoms. The number of hydrogen-bond acceptors (Lipinski definition) is 4. The quantitative estimate of drug-likeness (QED) is 0.798. The molecule has 0 bridgehead atoms. The maximum atomic E-state index is 12.7. The van der Waals surface area contributed by atoms with Crippen molar-refractivity contribution >= 4 is 29.3 Å². The molecule has 0 saturated carbocycles. The number of thioether (sulfide) groups is 1. The highest BCUT2D eigenvalue weighted by molar-refractivity contribution is 7.99. The first-order valence-corrected chi connectivity index (χ1v) is 9.60. The molecule has 2 saturated heterocycles. The summed E-state index contributed by atoms with van der Waals surface area (Å²) in [5.41, 5.74) is 2.27. The number of rotatable bonds is 3. The SMILES string of the molecule is O=C1C[C@]2(CCSC2)C(=O)N1CCN1CCCc2ccccc21. The lowest BCUT2D eigenvalue weighted by atomic mass is 9.86. The van der Waals surface area contributed by atoms with Crippen molar-refractivity contribution in [2.75, 3.05) is 36.0 Å². The van der Waals surface area contributed by atoms with Crippen LogP contribution in [-0.2, 0) is 16.0 Å². The van der Waals surface area contributed by atoms with Crippen LogP contribution in [-0.4, -0.2) is 47.9 Å². The molecule has 2 amide bonds. The average Bonchev–Trinajstić information content (AvgIpc) is 3.12. The topological polar surface area (TPSA) is 40.6 Å². The normalized spacial score (nSPS) is 27.1. The van der Waals surface area contributed by atoms with Gasteiger partial charge in [0.05, 0.1) is 5.41 Å². The van der Waals surface area contributed by atoms with E-state index in [4.69, 9.17) is 0 Å². The van der Waals surface area contributed by atoms with Crippen molar-refractivity contribution in [1.82, 2.24) is 4.90 Å². The summed E-state index contributed by atoms with van der Waals surface area (Å²) in [5, 5.41) is 0. The lowest BCUT2D eigenvalue weighted by Gasteiger charge is -2.32. The van der Waals surface area contributed by atoms with Crippen molar-refractivity contribution in [2.24, 2.45) is 5.41 Å². The van der Waals surface area contributed by atoms with Gasteiger partial charge in [0.15, 0.2) is 0 Å². The third-order valence-corrected chi connectivity index (χ3v) is 6.64. The summed E-state index contributed by atoms with van der Waals surface area (Å²) in [6, 6.07) is 8.47. The Hall–Kier alpha value is -1.49. The molecule has 2 fully saturated rings. The molecule has 0 aliphatic carbocycles. The largest absolute Gasteiger partial charge is 0.370 e. The minimum Gasteiger partial charge on any atom is -0.370 e. The molecule has 4 rings (SSSR count). The van der Waals surface area contributed by atoms with E-state index in [1.54, 1.807) is 11.8 Å². The van der Waals surface area contributed by atoms with Crippen LogP contribution in [0.3, 0.4) is 0 Å². The number of hydrogen-bond donors (Lipinski definition) is 0. The first kappa shape index (κ1) is 15.1. The Kier molecular flexibility index (Phi) is 3.84. The molecule has 4 nitrogen and oxygen atoms in total. The summed E-state index contributed by atoms with van der Waals surface area (Å²) >= 11 is 1.80. The van der Waals surface area contributed by atoms with Crippen molar-refractivity contribution in [3.8, 4) is 0 Å². The van der Waals surface area contributed by atoms with Crippen LogP contribution in [0.15, 0.2) is 24.3 Å². The third kappa shape index (κ3) is 2.55. The Morgan fingerprint density at radius 2 is 2.04 bits per heavy atom. The molecule has 122 valence electrons. The highest BCUT2D eigenvalue weighted by Gasteiger charge is 2.52. The average molecular weight is 330 g/mol. The molecule has 0 N–H and O–H groups in total. The van der Waals surface area contributed by atoms with Crippen molar-refractivity contribution in [3.63, 3.8) is 0 Å². The molecule has 1 aromatic rings. The second-order valence-electron chi connectivity index (χ2n) is 6.83. The predicted octanol–water partition coefficient (Wildman–Crippen LogP) is 2.32. The van der Waals surface area contributed by atoms with Gasteiger partial charge in [0.2, 0.25) is 11.8 Å². The van der Waals surface area contributed by atoms with Crippen LogP contribution in [0.1, 0.15) is 24.8 Å². The van der Waals surface area contributed by atoms with E-state index in [1.165, 1.54) is 16.2 Å². The molecular formula is C18H22N2O2S. The van der Waals surface area contributed by atoms with E-state index >= 15 is 0 Å². The Balaban J connectivity index is 1.46. The molecule has 1 atom stereocenters. The first-order chi connectivity index (χ1) is 11.2. The Bertz CT molecular complexity index is 640. The van der Waals surface area contributed by atoms with Gasteiger partial charge in [-0.05, 0) is 36.6 Å². The monoisotopic (exact) mass is 330 g/mol. The van der Waals surface area contributed by atoms with Gasteiger partial charge in [-0.25, -0.2) is 0 Å². The highest BCUT2D eigenvalue weighted by Crippen LogP contribution is 2.44. The first-order valence-electron chi connectivity index (χ1n) is 8.45. The standard InChI is InChI=1S/C18H22N2O2S/c21-16-12-18(7-11-23-13-18)17(22)20(16)10-9-19-8-3-5-14-4-1-2-6-15(14)19/h1-2,4,6H,3,5,7-13H2/t18-/m0/s1. The maximum Gasteiger partial charge on any atom is 0.236 e. The number of para-hydroxylation sites is 1. The van der Waals surface area contributed by atoms with Gasteiger partial charge in [0.25, 0.3) is 0 Å². The van der Waals surface area contributed by atoms with Gasteiger partial charge in [-0.1, -0.05) is 18.2 Å². The lowest BCUT2D eigenvalue weighted by molar-refractivity contribution is -0.140. The number of aryl methyl sites for hydroxylation is 1. The second kappa shape index (κ2) is 5.86. The predicted molar refractivity (Wildman–Crippen MR) is 92.7 cm³/mol. The molecular weight excluding hydrogens is 308 g/mol. The molecule has 5 heteroatoms. The number of likely N-dealkylation sites (tertiary alicyclic amines) is 1. The van der Waals surface area contributed by atoms with Crippen LogP contribution >= 0.6 is 11.8 Å². The van der Waals surface area contributed by atoms with Crippen molar-refractivity contribution in [1.29, 1.82) is 0 Å². The zero-order chi connectivity index (χ0) is 15.9. The van der Waals surface area contributed by atoms with Gasteiger partial charge >= 0.3 is 0 Å². The number of benzene rings is 1. The van der Waals surface area contributed by atoms with Gasteiger partial charge in [-0.15, -0.1) is 0 Å². The fourth-order valence-corrected chi connectivity index (χ4v) is 5.51. The fraction of sp³-hybridized carbons (Fsp3) is 0.556. The van der Waals surface area contributed by atoms with Gasteiger partial charge in [-0.2, -0.15) is 11.8 Å². The molecule has 1 aromatic carbocycles. The highest BCUT2D eigenvalue weighted by atomic mass is 32.2. The number of carbonyl (C=O) groups is 2. The summed E-state index contributed by atoms with van der Waals surface area (Å²) in [6.45, 7) is 2.28. The number of fused-ring (bicyclic) bond motifs is 1. The molecule has 23 heavy (non-hydrogen) atoms. The van der Waals surface area contributed by atoms with Gasteiger partial charge in [0, 0.05) is 37.5 Å². The van der Waals surface area contributed by atoms with Crippen LogP contribution in [0.2, 0.25) is 0 Å². The summed E-state index contributed by atoms with van der Waals surface area (Å²) in [6.07, 6.45) is 3.55. The van der Waals surface area contributed by atoms with Crippen LogP contribution in [0.4, 0.5) is 5.69 Å². The number of amides is 2. The number of anilines is 1. The molecule has 3 aliphatic rings. The van der Waals surface area contributed by atoms with Crippen molar-refractivity contribution in [3.05, 3.63) is 29.8 Å². The van der Waals surface area contributed by atoms with E-state index in [0.29, 0.717) is 13.0 Å². The Morgan fingerprint density at radius 1 is 1.17 bits per heavy atom. The summed E-state index contributed by atoms with van der Waals surface area (Å²) < 4.78 is 0. The zero-order valence-corrected chi connectivity index (χ0v) is 14.1. The second-order valence-corrected chi connectivity index (χ2v) is 7.93. The van der Waals surface area contributed by atoms with Crippen LogP contribution in [0, 0.1) is 5.41 Å². The summed E-state index contributed by atoms with van der Waals surface area (Å²) in [7, 11) is 0. The van der Waals surface area contributed by atoms with E-state index in [-0.39, 0.29) is 17.2 Å². The van der Waals surface area contributed by atoms with Crippen molar-refractivity contribution in [2.45, 2.75) is 25.7 Å². The smallest absolute Gasteiger partial charge is 0.236 e. The Morgan fingerprint density at radius 3 is 2.87 bits per heavy atom. The van der Waals surface area contributed by atoms with E-state index < -0.39 is 0 Å². The molecule has 3 heterocycles. The lowest BCUT2D eigenvalue weighted by Crippen LogP contribution is -2.42. The molecule has 0 unspecified atom stereocenters. The third-order valence-electron chi connectivity index (χ3n) is 5.39. The molecule has 0 radical (unpaired) electrons. The van der Waals surface area contributed by atoms with E-state index in [2.05, 4.69) is 29.2 Å². The summed E-state index contributed by atoms with van der Waals surface area (Å²) in [4.78, 5) is 28.9. The van der Waals surface area contributed by atoms with E-state index in [9.17, 15) is 9.59 Å². The number of imide groups is 1. The van der Waals surface area contributed by atoms with E-state index in [1.807, 2.05) is 0 Å². The maximum absolute atomic E-state index is 12.7. The van der Waals surface area contributed by atoms with Gasteiger partial charge in [-0.3, -0.25) is 14.5 Å². The van der Waals surface area contributed by atoms with Crippen LogP contribution in [0.5, 0.6) is 0 Å².